The molecule has 1 saturated heterocycles. The van der Waals surface area contributed by atoms with Crippen molar-refractivity contribution in [3.63, 3.8) is 0 Å². The molecule has 26 heavy (non-hydrogen) atoms. The zero-order valence-electron chi connectivity index (χ0n) is 15.6. The van der Waals surface area contributed by atoms with E-state index in [-0.39, 0.29) is 12.1 Å². The smallest absolute Gasteiger partial charge is 0.317 e. The second-order valence-corrected chi connectivity index (χ2v) is 6.89. The van der Waals surface area contributed by atoms with Gasteiger partial charge < -0.3 is 20.0 Å². The molecule has 3 rings (SSSR count). The summed E-state index contributed by atoms with van der Waals surface area (Å²) < 4.78 is 0. The first-order valence-electron chi connectivity index (χ1n) is 9.19. The van der Waals surface area contributed by atoms with Crippen LogP contribution in [0.3, 0.4) is 0 Å². The van der Waals surface area contributed by atoms with Crippen molar-refractivity contribution in [2.45, 2.75) is 6.04 Å². The van der Waals surface area contributed by atoms with E-state index in [2.05, 4.69) is 51.5 Å². The molecule has 1 fully saturated rings. The fourth-order valence-electron chi connectivity index (χ4n) is 3.38. The second kappa shape index (κ2) is 8.72. The summed E-state index contributed by atoms with van der Waals surface area (Å²) in [6.45, 7) is 3.84. The van der Waals surface area contributed by atoms with Gasteiger partial charge in [0.1, 0.15) is 0 Å². The summed E-state index contributed by atoms with van der Waals surface area (Å²) in [5.74, 6) is 0. The SMILES string of the molecule is CN(C)C(CNC(=O)N1CCN(c2ccccc2)CC1)c1ccccc1. The standard InChI is InChI=1S/C21H28N4O/c1-23(2)20(18-9-5-3-6-10-18)17-22-21(26)25-15-13-24(14-16-25)19-11-7-4-8-12-19/h3-12,20H,13-17H2,1-2H3,(H,22,26). The zero-order chi connectivity index (χ0) is 18.4. The Morgan fingerprint density at radius 1 is 0.962 bits per heavy atom. The van der Waals surface area contributed by atoms with Gasteiger partial charge in [0, 0.05) is 38.4 Å². The third-order valence-electron chi connectivity index (χ3n) is 4.94. The first-order chi connectivity index (χ1) is 12.6. The van der Waals surface area contributed by atoms with Crippen LogP contribution in [0.4, 0.5) is 10.5 Å². The molecule has 5 heteroatoms. The Morgan fingerprint density at radius 3 is 2.12 bits per heavy atom. The molecular formula is C21H28N4O. The summed E-state index contributed by atoms with van der Waals surface area (Å²) >= 11 is 0. The minimum atomic E-state index is 0.0282. The Morgan fingerprint density at radius 2 is 1.54 bits per heavy atom. The van der Waals surface area contributed by atoms with Crippen molar-refractivity contribution >= 4 is 11.7 Å². The van der Waals surface area contributed by atoms with Crippen molar-refractivity contribution in [1.82, 2.24) is 15.1 Å². The molecule has 1 N–H and O–H groups in total. The molecule has 1 atom stereocenters. The molecule has 1 heterocycles. The Bertz CT molecular complexity index is 682. The average molecular weight is 352 g/mol. The summed E-state index contributed by atoms with van der Waals surface area (Å²) in [6.07, 6.45) is 0. The van der Waals surface area contributed by atoms with Crippen LogP contribution in [-0.2, 0) is 0 Å². The fraction of sp³-hybridized carbons (Fsp3) is 0.381. The third-order valence-corrected chi connectivity index (χ3v) is 4.94. The van der Waals surface area contributed by atoms with Crippen LogP contribution in [0, 0.1) is 0 Å². The van der Waals surface area contributed by atoms with Crippen LogP contribution in [0.2, 0.25) is 0 Å². The third kappa shape index (κ3) is 4.55. The minimum Gasteiger partial charge on any atom is -0.368 e. The van der Waals surface area contributed by atoms with Gasteiger partial charge in [0.2, 0.25) is 0 Å². The topological polar surface area (TPSA) is 38.8 Å². The number of rotatable bonds is 5. The highest BCUT2D eigenvalue weighted by molar-refractivity contribution is 5.74. The first-order valence-corrected chi connectivity index (χ1v) is 9.19. The molecule has 5 nitrogen and oxygen atoms in total. The van der Waals surface area contributed by atoms with E-state index in [4.69, 9.17) is 0 Å². The van der Waals surface area contributed by atoms with Gasteiger partial charge in [-0.3, -0.25) is 0 Å². The van der Waals surface area contributed by atoms with Crippen LogP contribution in [0.15, 0.2) is 60.7 Å². The number of para-hydroxylation sites is 1. The Kier molecular flexibility index (Phi) is 6.12. The number of urea groups is 1. The molecule has 0 aliphatic carbocycles. The van der Waals surface area contributed by atoms with Crippen molar-refractivity contribution in [2.24, 2.45) is 0 Å². The van der Waals surface area contributed by atoms with Crippen molar-refractivity contribution in [3.8, 4) is 0 Å². The maximum Gasteiger partial charge on any atom is 0.317 e. The molecule has 1 aliphatic heterocycles. The highest BCUT2D eigenvalue weighted by Gasteiger charge is 2.22. The van der Waals surface area contributed by atoms with E-state index in [0.29, 0.717) is 6.54 Å². The van der Waals surface area contributed by atoms with Gasteiger partial charge in [0.25, 0.3) is 0 Å². The van der Waals surface area contributed by atoms with Gasteiger partial charge in [0.05, 0.1) is 6.04 Å². The first kappa shape index (κ1) is 18.3. The van der Waals surface area contributed by atoms with Crippen molar-refractivity contribution in [3.05, 3.63) is 66.2 Å². The number of nitrogens with zero attached hydrogens (tertiary/aromatic N) is 3. The van der Waals surface area contributed by atoms with Crippen LogP contribution < -0.4 is 10.2 Å². The van der Waals surface area contributed by atoms with E-state index in [1.807, 2.05) is 43.3 Å². The van der Waals surface area contributed by atoms with Gasteiger partial charge >= 0.3 is 6.03 Å². The minimum absolute atomic E-state index is 0.0282. The maximum absolute atomic E-state index is 12.6. The largest absolute Gasteiger partial charge is 0.368 e. The lowest BCUT2D eigenvalue weighted by molar-refractivity contribution is 0.189. The van der Waals surface area contributed by atoms with E-state index < -0.39 is 0 Å². The predicted octanol–water partition coefficient (Wildman–Crippen LogP) is 2.82. The van der Waals surface area contributed by atoms with Crippen LogP contribution in [0.1, 0.15) is 11.6 Å². The number of hydrogen-bond acceptors (Lipinski definition) is 3. The molecular weight excluding hydrogens is 324 g/mol. The number of likely N-dealkylation sites (N-methyl/N-ethyl adjacent to an activating group) is 1. The number of carbonyl (C=O) groups excluding carboxylic acids is 1. The molecule has 1 aliphatic rings. The number of anilines is 1. The molecule has 138 valence electrons. The average Bonchev–Trinajstić information content (AvgIpc) is 2.69. The van der Waals surface area contributed by atoms with Gasteiger partial charge in [-0.1, -0.05) is 48.5 Å². The number of benzene rings is 2. The lowest BCUT2D eigenvalue weighted by Gasteiger charge is -2.36. The highest BCUT2D eigenvalue weighted by Crippen LogP contribution is 2.18. The van der Waals surface area contributed by atoms with E-state index in [1.54, 1.807) is 0 Å². The molecule has 0 spiro atoms. The molecule has 2 amide bonds. The van der Waals surface area contributed by atoms with E-state index in [9.17, 15) is 4.79 Å². The number of piperazine rings is 1. The lowest BCUT2D eigenvalue weighted by atomic mass is 10.1. The Balaban J connectivity index is 1.51. The number of amides is 2. The quantitative estimate of drug-likeness (QED) is 0.899. The van der Waals surface area contributed by atoms with Crippen LogP contribution in [0.25, 0.3) is 0 Å². The molecule has 0 aromatic heterocycles. The van der Waals surface area contributed by atoms with Crippen molar-refractivity contribution < 1.29 is 4.79 Å². The van der Waals surface area contributed by atoms with E-state index in [0.717, 1.165) is 26.2 Å². The molecule has 0 bridgehead atoms. The van der Waals surface area contributed by atoms with Gasteiger partial charge in [-0.25, -0.2) is 4.79 Å². The van der Waals surface area contributed by atoms with Crippen LogP contribution in [-0.4, -0.2) is 62.7 Å². The Hall–Kier alpha value is -2.53. The normalized spacial score (nSPS) is 15.8. The molecule has 0 radical (unpaired) electrons. The van der Waals surface area contributed by atoms with Crippen molar-refractivity contribution in [1.29, 1.82) is 0 Å². The maximum atomic E-state index is 12.6. The predicted molar refractivity (Wildman–Crippen MR) is 106 cm³/mol. The lowest BCUT2D eigenvalue weighted by Crippen LogP contribution is -2.52. The molecule has 2 aromatic carbocycles. The summed E-state index contributed by atoms with van der Waals surface area (Å²) in [5, 5.41) is 3.11. The number of nitrogens with one attached hydrogen (secondary N) is 1. The van der Waals surface area contributed by atoms with E-state index >= 15 is 0 Å². The van der Waals surface area contributed by atoms with Gasteiger partial charge in [-0.2, -0.15) is 0 Å². The molecule has 0 saturated carbocycles. The highest BCUT2D eigenvalue weighted by atomic mass is 16.2. The van der Waals surface area contributed by atoms with Crippen LogP contribution in [0.5, 0.6) is 0 Å². The summed E-state index contributed by atoms with van der Waals surface area (Å²) in [7, 11) is 4.09. The zero-order valence-corrected chi connectivity index (χ0v) is 15.6. The monoisotopic (exact) mass is 352 g/mol. The van der Waals surface area contributed by atoms with Gasteiger partial charge in [-0.05, 0) is 31.8 Å². The van der Waals surface area contributed by atoms with E-state index in [1.165, 1.54) is 11.3 Å². The second-order valence-electron chi connectivity index (χ2n) is 6.89. The summed E-state index contributed by atoms with van der Waals surface area (Å²) in [6, 6.07) is 20.9. The summed E-state index contributed by atoms with van der Waals surface area (Å²) in [4.78, 5) is 19.0. The molecule has 2 aromatic rings. The molecule has 1 unspecified atom stereocenters. The number of carbonyl (C=O) groups is 1. The van der Waals surface area contributed by atoms with Crippen LogP contribution >= 0.6 is 0 Å². The van der Waals surface area contributed by atoms with Gasteiger partial charge in [0.15, 0.2) is 0 Å². The van der Waals surface area contributed by atoms with Crippen molar-refractivity contribution in [2.75, 3.05) is 51.7 Å². The fourth-order valence-corrected chi connectivity index (χ4v) is 3.38. The Labute approximate surface area is 156 Å². The number of hydrogen-bond donors (Lipinski definition) is 1. The summed E-state index contributed by atoms with van der Waals surface area (Å²) in [5.41, 5.74) is 2.44. The van der Waals surface area contributed by atoms with Gasteiger partial charge in [-0.15, -0.1) is 0 Å².